The molecule has 0 amide bonds. The molecule has 0 aromatic carbocycles. The van der Waals surface area contributed by atoms with E-state index in [0.717, 1.165) is 6.54 Å². The third kappa shape index (κ3) is 2.90. The third-order valence-corrected chi connectivity index (χ3v) is 2.71. The number of hydrogen-bond donors (Lipinski definition) is 2. The van der Waals surface area contributed by atoms with Crippen molar-refractivity contribution in [2.75, 3.05) is 18.8 Å². The molecule has 2 N–H and O–H groups in total. The Morgan fingerprint density at radius 3 is 3.20 bits per heavy atom. The predicted octanol–water partition coefficient (Wildman–Crippen LogP) is 0.996. The average molecular weight is 160 g/mol. The molecular formula is C7H16N2S. The van der Waals surface area contributed by atoms with Gasteiger partial charge in [0.25, 0.3) is 0 Å². The molecule has 0 aromatic heterocycles. The minimum Gasteiger partial charge on any atom is -0.293 e. The molecule has 1 rings (SSSR count). The molecule has 1 unspecified atom stereocenters. The fourth-order valence-corrected chi connectivity index (χ4v) is 1.99. The van der Waals surface area contributed by atoms with E-state index < -0.39 is 0 Å². The predicted molar refractivity (Wildman–Crippen MR) is 47.2 cm³/mol. The van der Waals surface area contributed by atoms with Gasteiger partial charge in [-0.1, -0.05) is 6.92 Å². The molecule has 10 heavy (non-hydrogen) atoms. The highest BCUT2D eigenvalue weighted by Gasteiger charge is 2.10. The van der Waals surface area contributed by atoms with Gasteiger partial charge in [0.05, 0.1) is 0 Å². The van der Waals surface area contributed by atoms with Crippen LogP contribution >= 0.6 is 11.8 Å². The lowest BCUT2D eigenvalue weighted by Crippen LogP contribution is -2.43. The van der Waals surface area contributed by atoms with Gasteiger partial charge in [-0.2, -0.15) is 0 Å². The Labute approximate surface area is 67.1 Å². The van der Waals surface area contributed by atoms with Gasteiger partial charge in [0, 0.05) is 0 Å². The summed E-state index contributed by atoms with van der Waals surface area (Å²) in [5.41, 5.74) is 0.522. The monoisotopic (exact) mass is 160 g/mol. The molecule has 0 saturated carbocycles. The van der Waals surface area contributed by atoms with E-state index in [-0.39, 0.29) is 0 Å². The number of thioether (sulfide) groups is 1. The highest BCUT2D eigenvalue weighted by molar-refractivity contribution is 7.99. The maximum atomic E-state index is 3.42. The second kappa shape index (κ2) is 4.99. The fourth-order valence-electron chi connectivity index (χ4n) is 0.972. The van der Waals surface area contributed by atoms with Crippen LogP contribution in [0.3, 0.4) is 0 Å². The Morgan fingerprint density at radius 1 is 1.70 bits per heavy atom. The van der Waals surface area contributed by atoms with E-state index in [0.29, 0.717) is 5.50 Å². The molecule has 1 heterocycles. The van der Waals surface area contributed by atoms with Crippen LogP contribution in [0.4, 0.5) is 0 Å². The van der Waals surface area contributed by atoms with Crippen molar-refractivity contribution in [1.82, 2.24) is 10.6 Å². The average Bonchev–Trinajstić information content (AvgIpc) is 2.03. The molecule has 0 aliphatic carbocycles. The first-order chi connectivity index (χ1) is 4.93. The van der Waals surface area contributed by atoms with Gasteiger partial charge in [-0.3, -0.25) is 10.6 Å². The molecule has 1 aliphatic heterocycles. The molecule has 1 aliphatic rings. The summed E-state index contributed by atoms with van der Waals surface area (Å²) < 4.78 is 0. The largest absolute Gasteiger partial charge is 0.293 e. The van der Waals surface area contributed by atoms with E-state index in [9.17, 15) is 0 Å². The highest BCUT2D eigenvalue weighted by atomic mass is 32.2. The van der Waals surface area contributed by atoms with Crippen molar-refractivity contribution in [3.05, 3.63) is 0 Å². The molecule has 1 fully saturated rings. The topological polar surface area (TPSA) is 24.1 Å². The summed E-state index contributed by atoms with van der Waals surface area (Å²) in [6, 6.07) is 0. The van der Waals surface area contributed by atoms with Crippen molar-refractivity contribution in [1.29, 1.82) is 0 Å². The lowest BCUT2D eigenvalue weighted by atomic mass is 10.4. The molecule has 1 saturated heterocycles. The molecule has 0 aromatic rings. The van der Waals surface area contributed by atoms with Crippen LogP contribution in [-0.4, -0.2) is 24.3 Å². The summed E-state index contributed by atoms with van der Waals surface area (Å²) in [5, 5.41) is 6.83. The molecule has 0 bridgehead atoms. The Morgan fingerprint density at radius 2 is 2.60 bits per heavy atom. The summed E-state index contributed by atoms with van der Waals surface area (Å²) in [6.45, 7) is 4.50. The first-order valence-corrected chi connectivity index (χ1v) is 5.06. The summed E-state index contributed by atoms with van der Waals surface area (Å²) >= 11 is 1.98. The number of nitrogens with one attached hydrogen (secondary N) is 2. The minimum atomic E-state index is 0.522. The molecular weight excluding hydrogens is 144 g/mol. The minimum absolute atomic E-state index is 0.522. The summed E-state index contributed by atoms with van der Waals surface area (Å²) in [4.78, 5) is 0. The van der Waals surface area contributed by atoms with Gasteiger partial charge in [0.15, 0.2) is 0 Å². The first kappa shape index (κ1) is 8.37. The van der Waals surface area contributed by atoms with Gasteiger partial charge >= 0.3 is 0 Å². The van der Waals surface area contributed by atoms with Crippen LogP contribution in [0.15, 0.2) is 0 Å². The third-order valence-electron chi connectivity index (χ3n) is 1.52. The van der Waals surface area contributed by atoms with Crippen molar-refractivity contribution in [2.45, 2.75) is 25.3 Å². The van der Waals surface area contributed by atoms with E-state index in [2.05, 4.69) is 17.6 Å². The van der Waals surface area contributed by atoms with Gasteiger partial charge in [-0.25, -0.2) is 0 Å². The number of hydrogen-bond acceptors (Lipinski definition) is 3. The standard InChI is InChI=1S/C7H16N2S/c1-2-4-8-7-9-5-3-6-10-7/h7-9H,2-6H2,1H3. The maximum Gasteiger partial charge on any atom is 0.105 e. The zero-order valence-electron chi connectivity index (χ0n) is 6.52. The van der Waals surface area contributed by atoms with Gasteiger partial charge in [0.2, 0.25) is 0 Å². The van der Waals surface area contributed by atoms with Crippen molar-refractivity contribution in [3.63, 3.8) is 0 Å². The number of rotatable bonds is 3. The van der Waals surface area contributed by atoms with E-state index >= 15 is 0 Å². The second-order valence-corrected chi connectivity index (χ2v) is 3.73. The Hall–Kier alpha value is 0.270. The Kier molecular flexibility index (Phi) is 4.18. The van der Waals surface area contributed by atoms with Crippen LogP contribution in [0.5, 0.6) is 0 Å². The summed E-state index contributed by atoms with van der Waals surface area (Å²) in [6.07, 6.45) is 2.54. The van der Waals surface area contributed by atoms with Crippen molar-refractivity contribution in [2.24, 2.45) is 0 Å². The van der Waals surface area contributed by atoms with Crippen molar-refractivity contribution < 1.29 is 0 Å². The van der Waals surface area contributed by atoms with E-state index in [1.807, 2.05) is 11.8 Å². The Balaban J connectivity index is 2.02. The molecule has 3 heteroatoms. The lowest BCUT2D eigenvalue weighted by molar-refractivity contribution is 0.526. The summed E-state index contributed by atoms with van der Waals surface area (Å²) in [7, 11) is 0. The van der Waals surface area contributed by atoms with E-state index in [4.69, 9.17) is 0 Å². The lowest BCUT2D eigenvalue weighted by Gasteiger charge is -2.23. The van der Waals surface area contributed by atoms with Crippen LogP contribution in [0, 0.1) is 0 Å². The quantitative estimate of drug-likeness (QED) is 0.644. The summed E-state index contributed by atoms with van der Waals surface area (Å²) in [5.74, 6) is 1.30. The van der Waals surface area contributed by atoms with Gasteiger partial charge in [0.1, 0.15) is 5.50 Å². The molecule has 0 spiro atoms. The zero-order valence-corrected chi connectivity index (χ0v) is 7.34. The normalized spacial score (nSPS) is 26.7. The van der Waals surface area contributed by atoms with Crippen LogP contribution in [0.1, 0.15) is 19.8 Å². The fraction of sp³-hybridized carbons (Fsp3) is 1.00. The van der Waals surface area contributed by atoms with Gasteiger partial charge in [-0.05, 0) is 31.7 Å². The second-order valence-electron chi connectivity index (χ2n) is 2.51. The van der Waals surface area contributed by atoms with E-state index in [1.165, 1.54) is 25.1 Å². The SMILES string of the molecule is CCCNC1NCCCS1. The van der Waals surface area contributed by atoms with Gasteiger partial charge in [-0.15, -0.1) is 11.8 Å². The van der Waals surface area contributed by atoms with Crippen molar-refractivity contribution >= 4 is 11.8 Å². The smallest absolute Gasteiger partial charge is 0.105 e. The highest BCUT2D eigenvalue weighted by Crippen LogP contribution is 2.11. The van der Waals surface area contributed by atoms with Crippen LogP contribution in [0.2, 0.25) is 0 Å². The van der Waals surface area contributed by atoms with Crippen LogP contribution in [0.25, 0.3) is 0 Å². The van der Waals surface area contributed by atoms with Gasteiger partial charge < -0.3 is 0 Å². The maximum absolute atomic E-state index is 3.42. The molecule has 0 radical (unpaired) electrons. The van der Waals surface area contributed by atoms with Crippen molar-refractivity contribution in [3.8, 4) is 0 Å². The van der Waals surface area contributed by atoms with Crippen LogP contribution in [-0.2, 0) is 0 Å². The Bertz CT molecular complexity index is 81.7. The molecule has 1 atom stereocenters. The molecule has 60 valence electrons. The zero-order chi connectivity index (χ0) is 7.23. The first-order valence-electron chi connectivity index (χ1n) is 4.02. The van der Waals surface area contributed by atoms with Crippen LogP contribution < -0.4 is 10.6 Å². The molecule has 2 nitrogen and oxygen atoms in total. The van der Waals surface area contributed by atoms with E-state index in [1.54, 1.807) is 0 Å².